The maximum absolute atomic E-state index is 12.5. The second kappa shape index (κ2) is 7.29. The molecule has 0 amide bonds. The van der Waals surface area contributed by atoms with Gasteiger partial charge < -0.3 is 0 Å². The Hall–Kier alpha value is -1.25. The van der Waals surface area contributed by atoms with Crippen LogP contribution in [-0.4, -0.2) is 55.7 Å². The van der Waals surface area contributed by atoms with Crippen molar-refractivity contribution in [2.24, 2.45) is 0 Å². The van der Waals surface area contributed by atoms with E-state index in [1.54, 1.807) is 29.7 Å². The highest BCUT2D eigenvalue weighted by Crippen LogP contribution is 2.42. The highest BCUT2D eigenvalue weighted by Gasteiger charge is 2.44. The van der Waals surface area contributed by atoms with Crippen LogP contribution in [0.25, 0.3) is 0 Å². The van der Waals surface area contributed by atoms with Crippen molar-refractivity contribution >= 4 is 21.5 Å². The summed E-state index contributed by atoms with van der Waals surface area (Å²) in [5, 5.41) is 4.35. The van der Waals surface area contributed by atoms with Crippen molar-refractivity contribution in [1.82, 2.24) is 13.5 Å². The Morgan fingerprint density at radius 1 is 1.15 bits per heavy atom. The molecule has 1 spiro atoms. The van der Waals surface area contributed by atoms with Crippen molar-refractivity contribution in [3.63, 3.8) is 0 Å². The van der Waals surface area contributed by atoms with E-state index < -0.39 is 10.2 Å². The first-order valence-corrected chi connectivity index (χ1v) is 11.7. The van der Waals surface area contributed by atoms with Crippen LogP contribution in [0.5, 0.6) is 0 Å². The van der Waals surface area contributed by atoms with Crippen LogP contribution in [-0.2, 0) is 28.7 Å². The molecule has 1 aromatic heterocycles. The minimum absolute atomic E-state index is 0.0448. The zero-order valence-electron chi connectivity index (χ0n) is 16.0. The van der Waals surface area contributed by atoms with E-state index in [4.69, 9.17) is 0 Å². The van der Waals surface area contributed by atoms with Gasteiger partial charge in [-0.05, 0) is 46.4 Å². The fourth-order valence-corrected chi connectivity index (χ4v) is 6.31. The zero-order valence-corrected chi connectivity index (χ0v) is 17.6. The standard InChI is InChI=1S/C20H27N3O2S2/c1-21(2)27(24,25)23-10-8-20(9-11-23)16-22(13-17-7-12-26-15-17)14-18-5-3-4-6-19(18)20/h3-7,12,15H,8-11,13-14,16H2,1-2H3. The molecule has 27 heavy (non-hydrogen) atoms. The SMILES string of the molecule is CN(C)S(=O)(=O)N1CCC2(CC1)CN(Cc1ccsc1)Cc1ccccc12. The van der Waals surface area contributed by atoms with Crippen LogP contribution in [0.4, 0.5) is 0 Å². The van der Waals surface area contributed by atoms with E-state index in [1.165, 1.54) is 21.0 Å². The van der Waals surface area contributed by atoms with Gasteiger partial charge in [-0.1, -0.05) is 24.3 Å². The molecule has 0 bridgehead atoms. The van der Waals surface area contributed by atoms with Gasteiger partial charge in [-0.3, -0.25) is 4.90 Å². The van der Waals surface area contributed by atoms with E-state index in [9.17, 15) is 8.42 Å². The number of hydrogen-bond donors (Lipinski definition) is 0. The van der Waals surface area contributed by atoms with Gasteiger partial charge in [0.05, 0.1) is 0 Å². The van der Waals surface area contributed by atoms with E-state index in [1.807, 2.05) is 0 Å². The molecule has 0 aliphatic carbocycles. The number of piperidine rings is 1. The molecule has 0 saturated carbocycles. The maximum atomic E-state index is 12.5. The minimum atomic E-state index is -3.33. The van der Waals surface area contributed by atoms with Crippen LogP contribution in [0.15, 0.2) is 41.1 Å². The highest BCUT2D eigenvalue weighted by molar-refractivity contribution is 7.86. The number of hydrogen-bond acceptors (Lipinski definition) is 4. The molecule has 146 valence electrons. The lowest BCUT2D eigenvalue weighted by molar-refractivity contribution is 0.120. The molecular weight excluding hydrogens is 378 g/mol. The van der Waals surface area contributed by atoms with Gasteiger partial charge in [-0.15, -0.1) is 0 Å². The normalized spacial score (nSPS) is 20.9. The summed E-state index contributed by atoms with van der Waals surface area (Å²) in [5.41, 5.74) is 4.22. The van der Waals surface area contributed by atoms with E-state index in [2.05, 4.69) is 46.0 Å². The quantitative estimate of drug-likeness (QED) is 0.786. The third kappa shape index (κ3) is 3.59. The molecule has 5 nitrogen and oxygen atoms in total. The zero-order chi connectivity index (χ0) is 19.1. The molecule has 0 atom stereocenters. The molecule has 1 fully saturated rings. The average molecular weight is 406 g/mol. The van der Waals surface area contributed by atoms with Crippen molar-refractivity contribution in [3.8, 4) is 0 Å². The number of nitrogens with zero attached hydrogens (tertiary/aromatic N) is 3. The summed E-state index contributed by atoms with van der Waals surface area (Å²) in [5.74, 6) is 0. The van der Waals surface area contributed by atoms with E-state index in [0.29, 0.717) is 13.1 Å². The number of benzene rings is 1. The number of thiophene rings is 1. The summed E-state index contributed by atoms with van der Waals surface area (Å²) in [6.07, 6.45) is 1.74. The molecule has 2 aromatic rings. The van der Waals surface area contributed by atoms with Crippen molar-refractivity contribution < 1.29 is 8.42 Å². The highest BCUT2D eigenvalue weighted by atomic mass is 32.2. The van der Waals surface area contributed by atoms with Crippen molar-refractivity contribution in [3.05, 3.63) is 57.8 Å². The van der Waals surface area contributed by atoms with Crippen LogP contribution >= 0.6 is 11.3 Å². The largest absolute Gasteiger partial charge is 0.294 e. The van der Waals surface area contributed by atoms with Crippen LogP contribution in [0, 0.1) is 0 Å². The Labute approximate surface area is 166 Å². The molecule has 1 saturated heterocycles. The molecule has 2 aliphatic heterocycles. The first-order chi connectivity index (χ1) is 12.9. The molecule has 2 aliphatic rings. The first-order valence-electron chi connectivity index (χ1n) is 9.40. The molecule has 3 heterocycles. The Balaban J connectivity index is 1.59. The number of fused-ring (bicyclic) bond motifs is 2. The predicted molar refractivity (Wildman–Crippen MR) is 110 cm³/mol. The lowest BCUT2D eigenvalue weighted by Crippen LogP contribution is -2.54. The second-order valence-electron chi connectivity index (χ2n) is 7.90. The predicted octanol–water partition coefficient (Wildman–Crippen LogP) is 2.90. The minimum Gasteiger partial charge on any atom is -0.294 e. The lowest BCUT2D eigenvalue weighted by Gasteiger charge is -2.48. The molecule has 7 heteroatoms. The Bertz CT molecular complexity index is 886. The summed E-state index contributed by atoms with van der Waals surface area (Å²) in [6.45, 7) is 4.09. The smallest absolute Gasteiger partial charge is 0.281 e. The van der Waals surface area contributed by atoms with Crippen LogP contribution in [0.3, 0.4) is 0 Å². The van der Waals surface area contributed by atoms with Crippen LogP contribution in [0.1, 0.15) is 29.5 Å². The van der Waals surface area contributed by atoms with Gasteiger partial charge in [0.25, 0.3) is 10.2 Å². The third-order valence-electron chi connectivity index (χ3n) is 5.96. The summed E-state index contributed by atoms with van der Waals surface area (Å²) < 4.78 is 28.0. The fourth-order valence-electron chi connectivity index (χ4n) is 4.54. The van der Waals surface area contributed by atoms with Gasteiger partial charge in [0.1, 0.15) is 0 Å². The first kappa shape index (κ1) is 19.1. The topological polar surface area (TPSA) is 43.9 Å². The van der Waals surface area contributed by atoms with E-state index in [0.717, 1.165) is 32.5 Å². The van der Waals surface area contributed by atoms with Gasteiger partial charge in [0, 0.05) is 52.2 Å². The van der Waals surface area contributed by atoms with E-state index >= 15 is 0 Å². The molecule has 0 radical (unpaired) electrons. The van der Waals surface area contributed by atoms with Gasteiger partial charge in [0.15, 0.2) is 0 Å². The van der Waals surface area contributed by atoms with Gasteiger partial charge in [-0.2, -0.15) is 28.4 Å². The molecule has 4 rings (SSSR count). The average Bonchev–Trinajstić information content (AvgIpc) is 3.15. The Morgan fingerprint density at radius 3 is 2.56 bits per heavy atom. The van der Waals surface area contributed by atoms with Crippen molar-refractivity contribution in [2.45, 2.75) is 31.3 Å². The number of rotatable bonds is 4. The molecule has 1 aromatic carbocycles. The molecular formula is C20H27N3O2S2. The van der Waals surface area contributed by atoms with Crippen molar-refractivity contribution in [1.29, 1.82) is 0 Å². The third-order valence-corrected chi connectivity index (χ3v) is 8.64. The second-order valence-corrected chi connectivity index (χ2v) is 10.8. The van der Waals surface area contributed by atoms with Crippen LogP contribution in [0.2, 0.25) is 0 Å². The van der Waals surface area contributed by atoms with Gasteiger partial charge >= 0.3 is 0 Å². The van der Waals surface area contributed by atoms with Crippen LogP contribution < -0.4 is 0 Å². The van der Waals surface area contributed by atoms with E-state index in [-0.39, 0.29) is 5.41 Å². The lowest BCUT2D eigenvalue weighted by atomic mass is 9.69. The Kier molecular flexibility index (Phi) is 5.16. The summed E-state index contributed by atoms with van der Waals surface area (Å²) in [6, 6.07) is 10.9. The fraction of sp³-hybridized carbons (Fsp3) is 0.500. The van der Waals surface area contributed by atoms with Gasteiger partial charge in [0.2, 0.25) is 0 Å². The summed E-state index contributed by atoms with van der Waals surface area (Å²) >= 11 is 1.74. The molecule has 0 unspecified atom stereocenters. The van der Waals surface area contributed by atoms with Gasteiger partial charge in [-0.25, -0.2) is 0 Å². The monoisotopic (exact) mass is 405 g/mol. The Morgan fingerprint density at radius 2 is 1.89 bits per heavy atom. The molecule has 0 N–H and O–H groups in total. The summed E-state index contributed by atoms with van der Waals surface area (Å²) in [7, 11) is -0.114. The maximum Gasteiger partial charge on any atom is 0.281 e. The summed E-state index contributed by atoms with van der Waals surface area (Å²) in [4.78, 5) is 2.53. The van der Waals surface area contributed by atoms with Crippen molar-refractivity contribution in [2.75, 3.05) is 33.7 Å².